The van der Waals surface area contributed by atoms with Gasteiger partial charge in [-0.1, -0.05) is 30.3 Å². The van der Waals surface area contributed by atoms with Gasteiger partial charge >= 0.3 is 0 Å². The van der Waals surface area contributed by atoms with Gasteiger partial charge in [0.2, 0.25) is 5.95 Å². The molecular formula is C22H25N5O3S. The number of morpholine rings is 1. The summed E-state index contributed by atoms with van der Waals surface area (Å²) in [6, 6.07) is 10.9. The number of carbonyl (C=O) groups excluding carboxylic acids is 1. The standard InChI is InChI=1S/C22H25N5O3S/c1-14-20(31-15(2)23-14)21(29)25-18(16-6-4-3-5-7-16)12-17-13-19(28)26-22(24-17)27-8-10-30-11-9-27/h3-7,13,18H,8-12H2,1-2H3,(H,25,29)(H,24,26,28)/t18-/m1/s1. The fourth-order valence-corrected chi connectivity index (χ4v) is 4.46. The first-order valence-electron chi connectivity index (χ1n) is 10.2. The van der Waals surface area contributed by atoms with Crippen LogP contribution < -0.4 is 15.8 Å². The predicted molar refractivity (Wildman–Crippen MR) is 120 cm³/mol. The Labute approximate surface area is 184 Å². The molecule has 4 rings (SSSR count). The minimum absolute atomic E-state index is 0.171. The molecule has 0 saturated carbocycles. The first kappa shape index (κ1) is 21.2. The van der Waals surface area contributed by atoms with Gasteiger partial charge in [-0.3, -0.25) is 14.6 Å². The first-order chi connectivity index (χ1) is 15.0. The lowest BCUT2D eigenvalue weighted by Gasteiger charge is -2.27. The third kappa shape index (κ3) is 5.18. The van der Waals surface area contributed by atoms with Crippen molar-refractivity contribution in [1.82, 2.24) is 20.3 Å². The SMILES string of the molecule is Cc1nc(C)c(C(=O)N[C@H](Cc2cc(=O)[nH]c(N3CCOCC3)n2)c2ccccc2)s1. The number of H-pyrrole nitrogens is 1. The number of ether oxygens (including phenoxy) is 1. The number of thiazole rings is 1. The molecule has 1 aliphatic heterocycles. The Morgan fingerprint density at radius 2 is 1.97 bits per heavy atom. The van der Waals surface area contributed by atoms with Gasteiger partial charge in [-0.05, 0) is 19.4 Å². The van der Waals surface area contributed by atoms with Crippen molar-refractivity contribution >= 4 is 23.2 Å². The van der Waals surface area contributed by atoms with E-state index >= 15 is 0 Å². The monoisotopic (exact) mass is 439 g/mol. The maximum absolute atomic E-state index is 13.0. The molecule has 1 aromatic carbocycles. The molecule has 0 radical (unpaired) electrons. The number of hydrogen-bond donors (Lipinski definition) is 2. The molecule has 1 fully saturated rings. The lowest BCUT2D eigenvalue weighted by molar-refractivity contribution is 0.0939. The molecule has 1 amide bonds. The van der Waals surface area contributed by atoms with E-state index in [0.29, 0.717) is 49.2 Å². The van der Waals surface area contributed by atoms with Gasteiger partial charge in [-0.15, -0.1) is 11.3 Å². The minimum Gasteiger partial charge on any atom is -0.378 e. The fourth-order valence-electron chi connectivity index (χ4n) is 3.64. The van der Waals surface area contributed by atoms with Crippen molar-refractivity contribution in [1.29, 1.82) is 0 Å². The molecule has 8 nitrogen and oxygen atoms in total. The van der Waals surface area contributed by atoms with Crippen LogP contribution in [0, 0.1) is 13.8 Å². The van der Waals surface area contributed by atoms with Gasteiger partial charge in [-0.2, -0.15) is 0 Å². The predicted octanol–water partition coefficient (Wildman–Crippen LogP) is 2.39. The Morgan fingerprint density at radius 1 is 1.23 bits per heavy atom. The topological polar surface area (TPSA) is 100 Å². The molecule has 1 aliphatic rings. The summed E-state index contributed by atoms with van der Waals surface area (Å²) in [5, 5.41) is 3.97. The molecule has 2 N–H and O–H groups in total. The number of aromatic amines is 1. The molecule has 1 atom stereocenters. The number of aryl methyl sites for hydroxylation is 2. The summed E-state index contributed by atoms with van der Waals surface area (Å²) in [5.41, 5.74) is 2.08. The molecule has 0 unspecified atom stereocenters. The summed E-state index contributed by atoms with van der Waals surface area (Å²) in [6.45, 7) is 6.28. The highest BCUT2D eigenvalue weighted by Crippen LogP contribution is 2.22. The number of carbonyl (C=O) groups is 1. The van der Waals surface area contributed by atoms with E-state index in [9.17, 15) is 9.59 Å². The molecule has 162 valence electrons. The maximum Gasteiger partial charge on any atom is 0.263 e. The fraction of sp³-hybridized carbons (Fsp3) is 0.364. The summed E-state index contributed by atoms with van der Waals surface area (Å²) < 4.78 is 5.39. The zero-order chi connectivity index (χ0) is 21.8. The second-order valence-electron chi connectivity index (χ2n) is 7.45. The molecule has 2 aromatic heterocycles. The molecule has 3 aromatic rings. The van der Waals surface area contributed by atoms with Crippen LogP contribution in [-0.2, 0) is 11.2 Å². The van der Waals surface area contributed by atoms with Crippen LogP contribution in [0.3, 0.4) is 0 Å². The third-order valence-electron chi connectivity index (χ3n) is 5.12. The van der Waals surface area contributed by atoms with Gasteiger partial charge in [0.05, 0.1) is 35.7 Å². The molecule has 3 heterocycles. The smallest absolute Gasteiger partial charge is 0.263 e. The van der Waals surface area contributed by atoms with Gasteiger partial charge in [0, 0.05) is 25.6 Å². The molecule has 0 bridgehead atoms. The van der Waals surface area contributed by atoms with Crippen LogP contribution in [-0.4, -0.2) is 47.2 Å². The van der Waals surface area contributed by atoms with Gasteiger partial charge in [0.15, 0.2) is 0 Å². The van der Waals surface area contributed by atoms with Crippen molar-refractivity contribution in [2.24, 2.45) is 0 Å². The largest absolute Gasteiger partial charge is 0.378 e. The number of amides is 1. The molecule has 0 spiro atoms. The first-order valence-corrected chi connectivity index (χ1v) is 11.0. The van der Waals surface area contributed by atoms with E-state index in [-0.39, 0.29) is 17.5 Å². The van der Waals surface area contributed by atoms with Gasteiger partial charge in [-0.25, -0.2) is 9.97 Å². The number of aromatic nitrogens is 3. The Morgan fingerprint density at radius 3 is 2.65 bits per heavy atom. The van der Waals surface area contributed by atoms with Crippen molar-refractivity contribution in [3.63, 3.8) is 0 Å². The number of benzene rings is 1. The van der Waals surface area contributed by atoms with Crippen LogP contribution in [0.4, 0.5) is 5.95 Å². The Hall–Kier alpha value is -3.04. The van der Waals surface area contributed by atoms with Crippen molar-refractivity contribution < 1.29 is 9.53 Å². The molecule has 31 heavy (non-hydrogen) atoms. The van der Waals surface area contributed by atoms with Gasteiger partial charge in [0.1, 0.15) is 4.88 Å². The van der Waals surface area contributed by atoms with Gasteiger partial charge in [0.25, 0.3) is 11.5 Å². The molecule has 9 heteroatoms. The van der Waals surface area contributed by atoms with E-state index in [1.165, 1.54) is 17.4 Å². The van der Waals surface area contributed by atoms with E-state index in [0.717, 1.165) is 16.3 Å². The van der Waals surface area contributed by atoms with Crippen LogP contribution in [0.2, 0.25) is 0 Å². The highest BCUT2D eigenvalue weighted by molar-refractivity contribution is 7.13. The normalized spacial score (nSPS) is 15.0. The summed E-state index contributed by atoms with van der Waals surface area (Å²) in [5.74, 6) is 0.369. The quantitative estimate of drug-likeness (QED) is 0.612. The van der Waals surface area contributed by atoms with E-state index in [4.69, 9.17) is 4.74 Å². The zero-order valence-electron chi connectivity index (χ0n) is 17.6. The van der Waals surface area contributed by atoms with Crippen LogP contribution in [0.15, 0.2) is 41.2 Å². The van der Waals surface area contributed by atoms with Crippen molar-refractivity contribution in [3.8, 4) is 0 Å². The maximum atomic E-state index is 13.0. The number of hydrogen-bond acceptors (Lipinski definition) is 7. The minimum atomic E-state index is -0.331. The van der Waals surface area contributed by atoms with E-state index < -0.39 is 0 Å². The van der Waals surface area contributed by atoms with E-state index in [1.54, 1.807) is 0 Å². The number of nitrogens with zero attached hydrogens (tertiary/aromatic N) is 3. The summed E-state index contributed by atoms with van der Waals surface area (Å²) >= 11 is 1.38. The second kappa shape index (κ2) is 9.40. The average molecular weight is 440 g/mol. The average Bonchev–Trinajstić information content (AvgIpc) is 3.12. The summed E-state index contributed by atoms with van der Waals surface area (Å²) in [7, 11) is 0. The number of nitrogens with one attached hydrogen (secondary N) is 2. The molecular weight excluding hydrogens is 414 g/mol. The Balaban J connectivity index is 1.61. The number of anilines is 1. The Kier molecular flexibility index (Phi) is 6.43. The van der Waals surface area contributed by atoms with Crippen molar-refractivity contribution in [2.45, 2.75) is 26.3 Å². The highest BCUT2D eigenvalue weighted by atomic mass is 32.1. The van der Waals surface area contributed by atoms with Crippen LogP contribution in [0.5, 0.6) is 0 Å². The van der Waals surface area contributed by atoms with E-state index in [2.05, 4.69) is 20.3 Å². The zero-order valence-corrected chi connectivity index (χ0v) is 18.4. The summed E-state index contributed by atoms with van der Waals surface area (Å²) in [4.78, 5) is 39.8. The lowest BCUT2D eigenvalue weighted by Crippen LogP contribution is -2.38. The summed E-state index contributed by atoms with van der Waals surface area (Å²) in [6.07, 6.45) is 0.397. The second-order valence-corrected chi connectivity index (χ2v) is 8.65. The number of rotatable bonds is 6. The molecule has 0 aliphatic carbocycles. The van der Waals surface area contributed by atoms with Crippen molar-refractivity contribution in [3.05, 3.63) is 73.6 Å². The highest BCUT2D eigenvalue weighted by Gasteiger charge is 2.21. The lowest BCUT2D eigenvalue weighted by atomic mass is 10.0. The van der Waals surface area contributed by atoms with Crippen LogP contribution >= 0.6 is 11.3 Å². The van der Waals surface area contributed by atoms with Crippen LogP contribution in [0.1, 0.15) is 37.7 Å². The molecule has 1 saturated heterocycles. The van der Waals surface area contributed by atoms with Crippen molar-refractivity contribution in [2.75, 3.05) is 31.2 Å². The third-order valence-corrected chi connectivity index (χ3v) is 6.19. The van der Waals surface area contributed by atoms with Crippen LogP contribution in [0.25, 0.3) is 0 Å². The van der Waals surface area contributed by atoms with Gasteiger partial charge < -0.3 is 15.0 Å². The van der Waals surface area contributed by atoms with E-state index in [1.807, 2.05) is 49.1 Å². The Bertz CT molecular complexity index is 1110.